The number of carbonyl (C=O) groups excluding carboxylic acids is 1. The predicted molar refractivity (Wildman–Crippen MR) is 97.8 cm³/mol. The topological polar surface area (TPSA) is 57.9 Å². The van der Waals surface area contributed by atoms with Gasteiger partial charge in [-0.3, -0.25) is 18.9 Å². The Morgan fingerprint density at radius 3 is 2.84 bits per heavy atom. The van der Waals surface area contributed by atoms with Crippen LogP contribution in [-0.2, 0) is 11.3 Å². The fourth-order valence-electron chi connectivity index (χ4n) is 3.26. The molecule has 1 atom stereocenters. The number of amides is 1. The molecule has 0 N–H and O–H groups in total. The summed E-state index contributed by atoms with van der Waals surface area (Å²) >= 11 is 5.95. The number of rotatable bonds is 5. The SMILES string of the molecule is CCCC[C@H]1C(=O)N(C)CCN1Cc1cc(=O)n2cc(Cl)ccc2n1. The number of hydrogen-bond donors (Lipinski definition) is 0. The highest BCUT2D eigenvalue weighted by Crippen LogP contribution is 2.18. The molecule has 0 aliphatic carbocycles. The summed E-state index contributed by atoms with van der Waals surface area (Å²) in [5, 5.41) is 0.494. The monoisotopic (exact) mass is 362 g/mol. The third-order valence-corrected chi connectivity index (χ3v) is 4.92. The van der Waals surface area contributed by atoms with Crippen LogP contribution in [0.4, 0.5) is 0 Å². The second-order valence-corrected chi connectivity index (χ2v) is 6.99. The van der Waals surface area contributed by atoms with Crippen LogP contribution in [0, 0.1) is 0 Å². The Morgan fingerprint density at radius 1 is 1.28 bits per heavy atom. The first kappa shape index (κ1) is 17.9. The van der Waals surface area contributed by atoms with Crippen molar-refractivity contribution in [2.24, 2.45) is 0 Å². The second kappa shape index (κ2) is 7.54. The molecule has 6 nitrogen and oxygen atoms in total. The fourth-order valence-corrected chi connectivity index (χ4v) is 3.42. The van der Waals surface area contributed by atoms with E-state index in [0.29, 0.717) is 29.5 Å². The highest BCUT2D eigenvalue weighted by atomic mass is 35.5. The lowest BCUT2D eigenvalue weighted by atomic mass is 10.0. The Hall–Kier alpha value is -1.92. The van der Waals surface area contributed by atoms with Gasteiger partial charge < -0.3 is 4.90 Å². The van der Waals surface area contributed by atoms with E-state index < -0.39 is 0 Å². The molecule has 1 aliphatic heterocycles. The fraction of sp³-hybridized carbons (Fsp3) is 0.500. The van der Waals surface area contributed by atoms with Gasteiger partial charge in [0.1, 0.15) is 5.65 Å². The summed E-state index contributed by atoms with van der Waals surface area (Å²) in [6.07, 6.45) is 4.46. The third kappa shape index (κ3) is 3.85. The number of piperazine rings is 1. The van der Waals surface area contributed by atoms with Crippen LogP contribution in [0.2, 0.25) is 5.02 Å². The van der Waals surface area contributed by atoms with Crippen molar-refractivity contribution in [3.63, 3.8) is 0 Å². The number of halogens is 1. The van der Waals surface area contributed by atoms with E-state index in [1.165, 1.54) is 10.5 Å². The minimum atomic E-state index is -0.159. The van der Waals surface area contributed by atoms with E-state index in [2.05, 4.69) is 16.8 Å². The van der Waals surface area contributed by atoms with Crippen LogP contribution in [-0.4, -0.2) is 51.3 Å². The molecule has 0 aromatic carbocycles. The molecule has 1 saturated heterocycles. The van der Waals surface area contributed by atoms with Crippen LogP contribution < -0.4 is 5.56 Å². The van der Waals surface area contributed by atoms with Gasteiger partial charge in [0.05, 0.1) is 16.8 Å². The minimum Gasteiger partial charge on any atom is -0.343 e. The van der Waals surface area contributed by atoms with Gasteiger partial charge in [-0.15, -0.1) is 0 Å². The zero-order valence-electron chi connectivity index (χ0n) is 14.6. The molecule has 1 aliphatic rings. The summed E-state index contributed by atoms with van der Waals surface area (Å²) in [5.74, 6) is 0.156. The molecule has 3 heterocycles. The van der Waals surface area contributed by atoms with Gasteiger partial charge in [0.25, 0.3) is 5.56 Å². The normalized spacial score (nSPS) is 18.9. The predicted octanol–water partition coefficient (Wildman–Crippen LogP) is 2.18. The zero-order chi connectivity index (χ0) is 18.0. The summed E-state index contributed by atoms with van der Waals surface area (Å²) < 4.78 is 1.44. The molecule has 7 heteroatoms. The van der Waals surface area contributed by atoms with Crippen LogP contribution in [0.5, 0.6) is 0 Å². The van der Waals surface area contributed by atoms with E-state index in [4.69, 9.17) is 11.6 Å². The van der Waals surface area contributed by atoms with Crippen molar-refractivity contribution in [2.45, 2.75) is 38.8 Å². The Labute approximate surface area is 152 Å². The third-order valence-electron chi connectivity index (χ3n) is 4.70. The molecular weight excluding hydrogens is 340 g/mol. The summed E-state index contributed by atoms with van der Waals surface area (Å²) in [5.41, 5.74) is 1.09. The van der Waals surface area contributed by atoms with E-state index >= 15 is 0 Å². The van der Waals surface area contributed by atoms with Crippen molar-refractivity contribution >= 4 is 23.2 Å². The Kier molecular flexibility index (Phi) is 5.39. The van der Waals surface area contributed by atoms with Crippen molar-refractivity contribution in [1.29, 1.82) is 0 Å². The number of aromatic nitrogens is 2. The van der Waals surface area contributed by atoms with Crippen molar-refractivity contribution < 1.29 is 4.79 Å². The molecular formula is C18H23ClN4O2. The van der Waals surface area contributed by atoms with E-state index in [0.717, 1.165) is 25.8 Å². The first-order valence-corrected chi connectivity index (χ1v) is 9.04. The maximum atomic E-state index is 12.5. The lowest BCUT2D eigenvalue weighted by Crippen LogP contribution is -2.55. The van der Waals surface area contributed by atoms with Crippen molar-refractivity contribution in [1.82, 2.24) is 19.2 Å². The molecule has 2 aromatic rings. The van der Waals surface area contributed by atoms with Gasteiger partial charge in [0, 0.05) is 38.9 Å². The molecule has 0 bridgehead atoms. The largest absolute Gasteiger partial charge is 0.343 e. The quantitative estimate of drug-likeness (QED) is 0.818. The van der Waals surface area contributed by atoms with Gasteiger partial charge in [-0.25, -0.2) is 4.98 Å². The van der Waals surface area contributed by atoms with Gasteiger partial charge in [0.2, 0.25) is 5.91 Å². The molecule has 1 fully saturated rings. The summed E-state index contributed by atoms with van der Waals surface area (Å²) in [4.78, 5) is 33.4. The smallest absolute Gasteiger partial charge is 0.258 e. The zero-order valence-corrected chi connectivity index (χ0v) is 15.4. The van der Waals surface area contributed by atoms with Gasteiger partial charge in [0.15, 0.2) is 0 Å². The summed E-state index contributed by atoms with van der Waals surface area (Å²) in [7, 11) is 1.85. The van der Waals surface area contributed by atoms with Crippen molar-refractivity contribution in [3.05, 3.63) is 45.5 Å². The molecule has 0 spiro atoms. The highest BCUT2D eigenvalue weighted by Gasteiger charge is 2.32. The Morgan fingerprint density at radius 2 is 2.08 bits per heavy atom. The van der Waals surface area contributed by atoms with Crippen molar-refractivity contribution in [2.75, 3.05) is 20.1 Å². The van der Waals surface area contributed by atoms with E-state index in [1.807, 2.05) is 7.05 Å². The van der Waals surface area contributed by atoms with Crippen LogP contribution in [0.15, 0.2) is 29.2 Å². The molecule has 0 radical (unpaired) electrons. The Balaban J connectivity index is 1.87. The average Bonchev–Trinajstić information content (AvgIpc) is 2.58. The number of unbranched alkanes of at least 4 members (excludes halogenated alkanes) is 1. The van der Waals surface area contributed by atoms with E-state index in [9.17, 15) is 9.59 Å². The average molecular weight is 363 g/mol. The lowest BCUT2D eigenvalue weighted by molar-refractivity contribution is -0.140. The number of fused-ring (bicyclic) bond motifs is 1. The number of hydrogen-bond acceptors (Lipinski definition) is 4. The minimum absolute atomic E-state index is 0.135. The number of nitrogens with zero attached hydrogens (tertiary/aromatic N) is 4. The molecule has 1 amide bonds. The molecule has 0 unspecified atom stereocenters. The molecule has 0 saturated carbocycles. The first-order valence-electron chi connectivity index (χ1n) is 8.66. The molecule has 134 valence electrons. The van der Waals surface area contributed by atoms with Crippen LogP contribution in [0.25, 0.3) is 5.65 Å². The number of likely N-dealkylation sites (N-methyl/N-ethyl adjacent to an activating group) is 1. The molecule has 3 rings (SSSR count). The Bertz CT molecular complexity index is 835. The highest BCUT2D eigenvalue weighted by molar-refractivity contribution is 6.30. The second-order valence-electron chi connectivity index (χ2n) is 6.55. The number of carbonyl (C=O) groups is 1. The van der Waals surface area contributed by atoms with E-state index in [-0.39, 0.29) is 17.5 Å². The molecule has 25 heavy (non-hydrogen) atoms. The first-order chi connectivity index (χ1) is 12.0. The van der Waals surface area contributed by atoms with Crippen molar-refractivity contribution in [3.8, 4) is 0 Å². The van der Waals surface area contributed by atoms with Gasteiger partial charge in [-0.2, -0.15) is 0 Å². The van der Waals surface area contributed by atoms with Crippen LogP contribution in [0.1, 0.15) is 31.9 Å². The standard InChI is InChI=1S/C18H23ClN4O2/c1-3-4-5-15-18(25)21(2)8-9-22(15)12-14-10-17(24)23-11-13(19)6-7-16(23)20-14/h6-7,10-11,15H,3-5,8-9,12H2,1-2H3/t15-/m0/s1. The number of pyridine rings is 1. The molecule has 2 aromatic heterocycles. The lowest BCUT2D eigenvalue weighted by Gasteiger charge is -2.39. The maximum Gasteiger partial charge on any atom is 0.258 e. The van der Waals surface area contributed by atoms with Gasteiger partial charge in [-0.05, 0) is 18.6 Å². The maximum absolute atomic E-state index is 12.5. The van der Waals surface area contributed by atoms with Gasteiger partial charge >= 0.3 is 0 Å². The van der Waals surface area contributed by atoms with Gasteiger partial charge in [-0.1, -0.05) is 31.4 Å². The van der Waals surface area contributed by atoms with Crippen LogP contribution in [0.3, 0.4) is 0 Å². The van der Waals surface area contributed by atoms with E-state index in [1.54, 1.807) is 23.2 Å². The summed E-state index contributed by atoms with van der Waals surface area (Å²) in [6, 6.07) is 4.85. The summed E-state index contributed by atoms with van der Waals surface area (Å²) in [6.45, 7) is 4.11. The van der Waals surface area contributed by atoms with Crippen LogP contribution >= 0.6 is 11.6 Å².